The minimum Gasteiger partial charge on any atom is -0.481 e. The number of nitrogens with zero attached hydrogens (tertiary/aromatic N) is 3. The molecule has 0 fully saturated rings. The number of ether oxygens (including phenoxy) is 1. The third kappa shape index (κ3) is 9.11. The molecule has 202 valence electrons. The topological polar surface area (TPSA) is 138 Å². The Labute approximate surface area is 222 Å². The molecule has 1 aromatic carbocycles. The number of aliphatic carboxylic acids is 1. The highest BCUT2D eigenvalue weighted by atomic mass is 16.6. The number of hydrogen-bond donors (Lipinski definition) is 3. The summed E-state index contributed by atoms with van der Waals surface area (Å²) in [5.74, 6) is -1.92. The van der Waals surface area contributed by atoms with Crippen LogP contribution in [0.5, 0.6) is 0 Å². The van der Waals surface area contributed by atoms with Crippen LogP contribution in [0.15, 0.2) is 61.1 Å². The third-order valence-corrected chi connectivity index (χ3v) is 5.65. The van der Waals surface area contributed by atoms with Crippen molar-refractivity contribution in [3.63, 3.8) is 0 Å². The molecule has 0 saturated heterocycles. The number of Topliss-reactive ketones (excluding diaryl/α,β-unsaturated/α-hetero) is 1. The Balaban J connectivity index is 1.61. The number of aromatic amines is 1. The Morgan fingerprint density at radius 1 is 1.05 bits per heavy atom. The lowest BCUT2D eigenvalue weighted by Crippen LogP contribution is -2.36. The predicted octanol–water partition coefficient (Wildman–Crippen LogP) is 4.20. The van der Waals surface area contributed by atoms with Crippen molar-refractivity contribution in [2.24, 2.45) is 5.92 Å². The summed E-state index contributed by atoms with van der Waals surface area (Å²) < 4.78 is 5.57. The van der Waals surface area contributed by atoms with Crippen molar-refractivity contribution < 1.29 is 24.2 Å². The number of carbonyl (C=O) groups excluding carboxylic acids is 2. The molecule has 10 nitrogen and oxygen atoms in total. The fraction of sp³-hybridized carbons (Fsp3) is 0.393. The van der Waals surface area contributed by atoms with Gasteiger partial charge in [-0.3, -0.25) is 19.5 Å². The second kappa shape index (κ2) is 13.5. The summed E-state index contributed by atoms with van der Waals surface area (Å²) in [6.07, 6.45) is 5.33. The number of aromatic nitrogens is 3. The molecule has 0 spiro atoms. The van der Waals surface area contributed by atoms with Crippen molar-refractivity contribution in [1.82, 2.24) is 25.2 Å². The van der Waals surface area contributed by atoms with Crippen LogP contribution in [-0.2, 0) is 29.2 Å². The van der Waals surface area contributed by atoms with Gasteiger partial charge in [0, 0.05) is 30.7 Å². The van der Waals surface area contributed by atoms with Crippen LogP contribution in [-0.4, -0.2) is 54.9 Å². The summed E-state index contributed by atoms with van der Waals surface area (Å²) >= 11 is 0. The Kier molecular flexibility index (Phi) is 10.1. The SMILES string of the molecule is CC(C)(C)OC(=O)N(Cc1ccc(C(=O)[C@H](CCCNCc2ncc[nH]2)C(=O)O)cc1)Cc1ccccn1. The van der Waals surface area contributed by atoms with Gasteiger partial charge in [-0.15, -0.1) is 0 Å². The monoisotopic (exact) mass is 521 g/mol. The number of nitrogens with one attached hydrogen (secondary N) is 2. The van der Waals surface area contributed by atoms with Gasteiger partial charge in [0.2, 0.25) is 0 Å². The van der Waals surface area contributed by atoms with E-state index >= 15 is 0 Å². The largest absolute Gasteiger partial charge is 0.481 e. The van der Waals surface area contributed by atoms with Crippen LogP contribution in [0.4, 0.5) is 4.79 Å². The predicted molar refractivity (Wildman–Crippen MR) is 141 cm³/mol. The molecule has 0 aliphatic rings. The normalized spacial score (nSPS) is 12.1. The highest BCUT2D eigenvalue weighted by molar-refractivity contribution is 6.08. The van der Waals surface area contributed by atoms with Crippen molar-refractivity contribution in [2.75, 3.05) is 6.54 Å². The first kappa shape index (κ1) is 28.5. The summed E-state index contributed by atoms with van der Waals surface area (Å²) in [7, 11) is 0. The first-order valence-corrected chi connectivity index (χ1v) is 12.5. The van der Waals surface area contributed by atoms with Gasteiger partial charge in [-0.25, -0.2) is 9.78 Å². The number of amides is 1. The fourth-order valence-corrected chi connectivity index (χ4v) is 3.79. The molecule has 38 heavy (non-hydrogen) atoms. The molecule has 0 unspecified atom stereocenters. The smallest absolute Gasteiger partial charge is 0.410 e. The van der Waals surface area contributed by atoms with E-state index < -0.39 is 29.4 Å². The van der Waals surface area contributed by atoms with Crippen LogP contribution >= 0.6 is 0 Å². The van der Waals surface area contributed by atoms with Crippen molar-refractivity contribution in [1.29, 1.82) is 0 Å². The van der Waals surface area contributed by atoms with Crippen LogP contribution in [0.2, 0.25) is 0 Å². The maximum atomic E-state index is 13.0. The van der Waals surface area contributed by atoms with Gasteiger partial charge in [0.25, 0.3) is 0 Å². The Hall–Kier alpha value is -4.05. The number of ketones is 1. The van der Waals surface area contributed by atoms with Gasteiger partial charge in [-0.1, -0.05) is 30.3 Å². The fourth-order valence-electron chi connectivity index (χ4n) is 3.79. The summed E-state index contributed by atoms with van der Waals surface area (Å²) in [6, 6.07) is 12.2. The number of rotatable bonds is 13. The van der Waals surface area contributed by atoms with Crippen LogP contribution < -0.4 is 5.32 Å². The highest BCUT2D eigenvalue weighted by Crippen LogP contribution is 2.19. The van der Waals surface area contributed by atoms with Crippen molar-refractivity contribution in [2.45, 2.75) is 58.8 Å². The van der Waals surface area contributed by atoms with E-state index in [1.54, 1.807) is 74.6 Å². The van der Waals surface area contributed by atoms with Gasteiger partial charge >= 0.3 is 12.1 Å². The average Bonchev–Trinajstić information content (AvgIpc) is 3.39. The van der Waals surface area contributed by atoms with Gasteiger partial charge in [0.05, 0.1) is 18.8 Å². The molecule has 0 bridgehead atoms. The van der Waals surface area contributed by atoms with Crippen LogP contribution in [0.25, 0.3) is 0 Å². The first-order chi connectivity index (χ1) is 18.1. The second-order valence-corrected chi connectivity index (χ2v) is 9.96. The molecule has 3 N–H and O–H groups in total. The van der Waals surface area contributed by atoms with E-state index in [1.165, 1.54) is 0 Å². The summed E-state index contributed by atoms with van der Waals surface area (Å²) in [6.45, 7) is 7.01. The Morgan fingerprint density at radius 3 is 2.42 bits per heavy atom. The molecular weight excluding hydrogens is 486 g/mol. The molecule has 0 radical (unpaired) electrons. The maximum Gasteiger partial charge on any atom is 0.410 e. The molecule has 10 heteroatoms. The standard InChI is InChI=1S/C28H35N5O5/c1-28(2,3)38-27(37)33(19-22-7-4-5-14-30-22)18-20-9-11-21(12-10-20)25(34)23(26(35)36)8-6-13-29-17-24-31-15-16-32-24/h4-5,7,9-12,14-16,23,29H,6,8,13,17-19H2,1-3H3,(H,31,32)(H,35,36)/t23-/m0/s1. The molecule has 1 atom stereocenters. The van der Waals surface area contributed by atoms with Gasteiger partial charge in [-0.2, -0.15) is 0 Å². The maximum absolute atomic E-state index is 13.0. The number of hydrogen-bond acceptors (Lipinski definition) is 7. The number of carboxylic acid groups (broad SMARTS) is 1. The average molecular weight is 522 g/mol. The Bertz CT molecular complexity index is 1170. The van der Waals surface area contributed by atoms with E-state index in [9.17, 15) is 19.5 Å². The number of H-pyrrole nitrogens is 1. The summed E-state index contributed by atoms with van der Waals surface area (Å²) in [5.41, 5.74) is 1.15. The molecule has 3 aromatic rings. The highest BCUT2D eigenvalue weighted by Gasteiger charge is 2.27. The lowest BCUT2D eigenvalue weighted by molar-refractivity contribution is -0.140. The van der Waals surface area contributed by atoms with Gasteiger partial charge in [0.1, 0.15) is 17.3 Å². The number of pyridine rings is 1. The second-order valence-electron chi connectivity index (χ2n) is 9.96. The third-order valence-electron chi connectivity index (χ3n) is 5.65. The zero-order valence-corrected chi connectivity index (χ0v) is 22.0. The zero-order chi connectivity index (χ0) is 27.5. The van der Waals surface area contributed by atoms with E-state index in [1.807, 2.05) is 12.1 Å². The van der Waals surface area contributed by atoms with Gasteiger partial charge in [-0.05, 0) is 57.9 Å². The zero-order valence-electron chi connectivity index (χ0n) is 22.0. The van der Waals surface area contributed by atoms with Crippen molar-refractivity contribution >= 4 is 17.8 Å². The summed E-state index contributed by atoms with van der Waals surface area (Å²) in [4.78, 5) is 50.6. The van der Waals surface area contributed by atoms with Crippen LogP contribution in [0, 0.1) is 5.92 Å². The minimum atomic E-state index is -1.14. The molecule has 2 heterocycles. The number of carbonyl (C=O) groups is 3. The quantitative estimate of drug-likeness (QED) is 0.173. The molecular formula is C28H35N5O5. The van der Waals surface area contributed by atoms with Crippen LogP contribution in [0.3, 0.4) is 0 Å². The lowest BCUT2D eigenvalue weighted by atomic mass is 9.93. The number of carboxylic acids is 1. The van der Waals surface area contributed by atoms with E-state index in [4.69, 9.17) is 4.74 Å². The number of imidazole rings is 1. The molecule has 0 saturated carbocycles. The van der Waals surface area contributed by atoms with Crippen molar-refractivity contribution in [3.8, 4) is 0 Å². The summed E-state index contributed by atoms with van der Waals surface area (Å²) in [5, 5.41) is 12.8. The van der Waals surface area contributed by atoms with Crippen LogP contribution in [0.1, 0.15) is 61.1 Å². The van der Waals surface area contributed by atoms with Gasteiger partial charge < -0.3 is 20.1 Å². The number of benzene rings is 1. The minimum absolute atomic E-state index is 0.220. The molecule has 3 rings (SSSR count). The Morgan fingerprint density at radius 2 is 1.82 bits per heavy atom. The molecule has 1 amide bonds. The van der Waals surface area contributed by atoms with E-state index in [2.05, 4.69) is 20.3 Å². The molecule has 0 aliphatic carbocycles. The van der Waals surface area contributed by atoms with Gasteiger partial charge in [0.15, 0.2) is 5.78 Å². The van der Waals surface area contributed by atoms with E-state index in [-0.39, 0.29) is 19.5 Å². The molecule has 2 aromatic heterocycles. The lowest BCUT2D eigenvalue weighted by Gasteiger charge is -2.27. The van der Waals surface area contributed by atoms with E-state index in [0.717, 1.165) is 11.4 Å². The molecule has 0 aliphatic heterocycles. The first-order valence-electron chi connectivity index (χ1n) is 12.5. The van der Waals surface area contributed by atoms with Crippen molar-refractivity contribution in [3.05, 3.63) is 83.7 Å². The van der Waals surface area contributed by atoms with E-state index in [0.29, 0.717) is 30.8 Å².